The van der Waals surface area contributed by atoms with Gasteiger partial charge in [0.15, 0.2) is 0 Å². The topological polar surface area (TPSA) is 42.1 Å². The smallest absolute Gasteiger partial charge is 0.150 e. The highest BCUT2D eigenvalue weighted by molar-refractivity contribution is 7.13. The van der Waals surface area contributed by atoms with Crippen molar-refractivity contribution in [2.24, 2.45) is 5.73 Å². The van der Waals surface area contributed by atoms with Crippen LogP contribution in [0.25, 0.3) is 10.1 Å². The van der Waals surface area contributed by atoms with Crippen LogP contribution in [0.1, 0.15) is 6.42 Å². The van der Waals surface area contributed by atoms with Crippen LogP contribution in [0, 0.1) is 0 Å². The first-order valence-corrected chi connectivity index (χ1v) is 5.97. The van der Waals surface area contributed by atoms with Gasteiger partial charge in [0.25, 0.3) is 0 Å². The molecular weight excluding hydrogens is 242 g/mol. The quantitative estimate of drug-likeness (QED) is 0.850. The van der Waals surface area contributed by atoms with Gasteiger partial charge in [-0.25, -0.2) is 0 Å². The monoisotopic (exact) mass is 255 g/mol. The van der Waals surface area contributed by atoms with Crippen LogP contribution in [0.2, 0.25) is 0 Å². The van der Waals surface area contributed by atoms with Gasteiger partial charge < -0.3 is 10.6 Å². The predicted molar refractivity (Wildman–Crippen MR) is 71.7 cm³/mol. The normalized spacial score (nSPS) is 20.1. The zero-order valence-electron chi connectivity index (χ0n) is 8.80. The fourth-order valence-electron chi connectivity index (χ4n) is 2.08. The minimum Gasteiger partial charge on any atom is -0.354 e. The Labute approximate surface area is 105 Å². The number of anilines is 1. The van der Waals surface area contributed by atoms with Crippen LogP contribution in [-0.4, -0.2) is 23.5 Å². The lowest BCUT2D eigenvalue weighted by Crippen LogP contribution is -2.26. The van der Waals surface area contributed by atoms with Crippen molar-refractivity contribution in [3.05, 3.63) is 24.3 Å². The summed E-state index contributed by atoms with van der Waals surface area (Å²) in [5.41, 5.74) is 5.91. The van der Waals surface area contributed by atoms with Gasteiger partial charge in [-0.05, 0) is 30.1 Å². The Morgan fingerprint density at radius 3 is 2.94 bits per heavy atom. The number of nitrogens with two attached hydrogens (primary N) is 1. The van der Waals surface area contributed by atoms with E-state index in [0.717, 1.165) is 25.3 Å². The van der Waals surface area contributed by atoms with Crippen molar-refractivity contribution in [1.29, 1.82) is 0 Å². The van der Waals surface area contributed by atoms with Crippen molar-refractivity contribution >= 4 is 39.8 Å². The van der Waals surface area contributed by atoms with E-state index in [2.05, 4.69) is 33.5 Å². The second-order valence-electron chi connectivity index (χ2n) is 4.00. The summed E-state index contributed by atoms with van der Waals surface area (Å²) in [6, 6.07) is 8.69. The van der Waals surface area contributed by atoms with E-state index in [-0.39, 0.29) is 12.4 Å². The van der Waals surface area contributed by atoms with Crippen LogP contribution >= 0.6 is 23.9 Å². The van der Waals surface area contributed by atoms with E-state index >= 15 is 0 Å². The highest BCUT2D eigenvalue weighted by atomic mass is 35.5. The molecule has 5 heteroatoms. The molecule has 1 saturated heterocycles. The van der Waals surface area contributed by atoms with Crippen LogP contribution in [0.15, 0.2) is 24.3 Å². The number of hydrogen-bond donors (Lipinski definition) is 1. The maximum absolute atomic E-state index is 5.91. The predicted octanol–water partition coefficient (Wildman–Crippen LogP) is 2.26. The minimum absolute atomic E-state index is 0. The molecule has 0 aliphatic carbocycles. The number of benzene rings is 1. The van der Waals surface area contributed by atoms with Crippen LogP contribution in [-0.2, 0) is 0 Å². The summed E-state index contributed by atoms with van der Waals surface area (Å²) >= 11 is 1.57. The van der Waals surface area contributed by atoms with Crippen LogP contribution in [0.5, 0.6) is 0 Å². The van der Waals surface area contributed by atoms with Gasteiger partial charge in [0, 0.05) is 24.5 Å². The van der Waals surface area contributed by atoms with E-state index in [1.54, 1.807) is 11.5 Å². The lowest BCUT2D eigenvalue weighted by molar-refractivity contribution is 0.752. The third kappa shape index (κ3) is 1.88. The van der Waals surface area contributed by atoms with E-state index in [0.29, 0.717) is 6.04 Å². The molecule has 2 heterocycles. The summed E-state index contributed by atoms with van der Waals surface area (Å²) in [5, 5.41) is 1.26. The molecule has 86 valence electrons. The molecule has 1 atom stereocenters. The highest BCUT2D eigenvalue weighted by Gasteiger charge is 2.22. The van der Waals surface area contributed by atoms with Gasteiger partial charge in [-0.1, -0.05) is 12.1 Å². The first-order valence-electron chi connectivity index (χ1n) is 5.19. The lowest BCUT2D eigenvalue weighted by Gasteiger charge is -2.14. The largest absolute Gasteiger partial charge is 0.354 e. The fraction of sp³-hybridized carbons (Fsp3) is 0.364. The van der Waals surface area contributed by atoms with Gasteiger partial charge in [-0.15, -0.1) is 12.4 Å². The molecule has 1 unspecified atom stereocenters. The van der Waals surface area contributed by atoms with Crippen molar-refractivity contribution in [3.63, 3.8) is 0 Å². The van der Waals surface area contributed by atoms with Crippen LogP contribution in [0.4, 0.5) is 5.82 Å². The highest BCUT2D eigenvalue weighted by Crippen LogP contribution is 2.30. The van der Waals surface area contributed by atoms with Crippen LogP contribution in [0.3, 0.4) is 0 Å². The Kier molecular flexibility index (Phi) is 3.33. The number of nitrogens with zero attached hydrogens (tertiary/aromatic N) is 2. The second kappa shape index (κ2) is 4.57. The van der Waals surface area contributed by atoms with E-state index in [1.165, 1.54) is 10.1 Å². The van der Waals surface area contributed by atoms with Gasteiger partial charge >= 0.3 is 0 Å². The zero-order valence-corrected chi connectivity index (χ0v) is 10.4. The molecule has 2 N–H and O–H groups in total. The Hall–Kier alpha value is -0.840. The molecule has 3 nitrogen and oxygen atoms in total. The van der Waals surface area contributed by atoms with Gasteiger partial charge in [-0.2, -0.15) is 4.37 Å². The molecule has 1 aliphatic heterocycles. The summed E-state index contributed by atoms with van der Waals surface area (Å²) in [6.45, 7) is 1.97. The fourth-order valence-corrected chi connectivity index (χ4v) is 2.88. The molecule has 0 saturated carbocycles. The molecule has 3 rings (SSSR count). The molecule has 2 aromatic rings. The SMILES string of the molecule is Cl.NC1CCN(c2nsc3ccccc23)C1. The number of aromatic nitrogens is 1. The van der Waals surface area contributed by atoms with Crippen molar-refractivity contribution in [1.82, 2.24) is 4.37 Å². The number of fused-ring (bicyclic) bond motifs is 1. The Morgan fingerprint density at radius 1 is 1.38 bits per heavy atom. The second-order valence-corrected chi connectivity index (χ2v) is 4.80. The maximum atomic E-state index is 5.91. The number of hydrogen-bond acceptors (Lipinski definition) is 4. The standard InChI is InChI=1S/C11H13N3S.ClH/c12-8-5-6-14(7-8)11-9-3-1-2-4-10(9)15-13-11;/h1-4,8H,5-7,12H2;1H. The zero-order chi connectivity index (χ0) is 10.3. The summed E-state index contributed by atoms with van der Waals surface area (Å²) in [6.07, 6.45) is 1.08. The molecular formula is C11H14ClN3S. The third-order valence-corrected chi connectivity index (χ3v) is 3.70. The Balaban J connectivity index is 0.000000963. The number of rotatable bonds is 1. The Morgan fingerprint density at radius 2 is 2.19 bits per heavy atom. The summed E-state index contributed by atoms with van der Waals surface area (Å²) in [7, 11) is 0. The van der Waals surface area contributed by atoms with Crippen molar-refractivity contribution in [3.8, 4) is 0 Å². The third-order valence-electron chi connectivity index (χ3n) is 2.88. The summed E-state index contributed by atoms with van der Waals surface area (Å²) < 4.78 is 5.78. The Bertz CT molecular complexity index is 485. The van der Waals surface area contributed by atoms with E-state index in [9.17, 15) is 0 Å². The van der Waals surface area contributed by atoms with Gasteiger partial charge in [0.05, 0.1) is 4.70 Å². The van der Waals surface area contributed by atoms with Gasteiger partial charge in [0.1, 0.15) is 5.82 Å². The molecule has 1 aromatic heterocycles. The van der Waals surface area contributed by atoms with Gasteiger partial charge in [0.2, 0.25) is 0 Å². The molecule has 16 heavy (non-hydrogen) atoms. The molecule has 1 aromatic carbocycles. The summed E-state index contributed by atoms with van der Waals surface area (Å²) in [5.74, 6) is 1.11. The van der Waals surface area contributed by atoms with Crippen LogP contribution < -0.4 is 10.6 Å². The molecule has 0 bridgehead atoms. The van der Waals surface area contributed by atoms with E-state index in [1.807, 2.05) is 0 Å². The molecule has 0 spiro atoms. The summed E-state index contributed by atoms with van der Waals surface area (Å²) in [4.78, 5) is 2.30. The van der Waals surface area contributed by atoms with Gasteiger partial charge in [-0.3, -0.25) is 0 Å². The van der Waals surface area contributed by atoms with Crippen molar-refractivity contribution in [2.45, 2.75) is 12.5 Å². The number of halogens is 1. The first kappa shape index (κ1) is 11.6. The van der Waals surface area contributed by atoms with E-state index in [4.69, 9.17) is 5.73 Å². The molecule has 1 aliphatic rings. The lowest BCUT2D eigenvalue weighted by atomic mass is 10.2. The maximum Gasteiger partial charge on any atom is 0.150 e. The first-order chi connectivity index (χ1) is 7.34. The minimum atomic E-state index is 0. The van der Waals surface area contributed by atoms with E-state index < -0.39 is 0 Å². The van der Waals surface area contributed by atoms with Crippen molar-refractivity contribution < 1.29 is 0 Å². The molecule has 0 radical (unpaired) electrons. The molecule has 1 fully saturated rings. The molecule has 0 amide bonds. The average Bonchev–Trinajstić information content (AvgIpc) is 2.83. The average molecular weight is 256 g/mol. The van der Waals surface area contributed by atoms with Crippen molar-refractivity contribution in [2.75, 3.05) is 18.0 Å².